The second-order valence-corrected chi connectivity index (χ2v) is 3.76. The van der Waals surface area contributed by atoms with Crippen molar-refractivity contribution in [3.05, 3.63) is 11.6 Å². The molecule has 0 aromatic rings. The molecule has 0 aliphatic carbocycles. The smallest absolute Gasteiger partial charge is 0.0650 e. The van der Waals surface area contributed by atoms with Gasteiger partial charge in [-0.05, 0) is 19.3 Å². The summed E-state index contributed by atoms with van der Waals surface area (Å²) in [4.78, 5) is 0. The van der Waals surface area contributed by atoms with Crippen LogP contribution in [0.15, 0.2) is 11.6 Å². The van der Waals surface area contributed by atoms with Gasteiger partial charge in [0.2, 0.25) is 0 Å². The van der Waals surface area contributed by atoms with Crippen molar-refractivity contribution in [3.8, 4) is 0 Å². The highest BCUT2D eigenvalue weighted by molar-refractivity contribution is 5.04. The first-order chi connectivity index (χ1) is 6.93. The van der Waals surface area contributed by atoms with Crippen LogP contribution in [0.2, 0.25) is 0 Å². The minimum atomic E-state index is 0.797. The normalized spacial score (nSPS) is 16.8. The van der Waals surface area contributed by atoms with Gasteiger partial charge in [0.15, 0.2) is 0 Å². The molecule has 0 bridgehead atoms. The van der Waals surface area contributed by atoms with E-state index in [4.69, 9.17) is 9.47 Å². The second kappa shape index (κ2) is 8.01. The molecule has 0 unspecified atom stereocenters. The minimum Gasteiger partial charge on any atom is -0.381 e. The van der Waals surface area contributed by atoms with Crippen LogP contribution in [0.5, 0.6) is 0 Å². The highest BCUT2D eigenvalue weighted by Gasteiger charge is 2.02. The summed E-state index contributed by atoms with van der Waals surface area (Å²) in [5, 5.41) is 0. The van der Waals surface area contributed by atoms with Crippen molar-refractivity contribution >= 4 is 0 Å². The molecule has 0 amide bonds. The Hall–Kier alpha value is -0.340. The first-order valence-electron chi connectivity index (χ1n) is 5.77. The lowest BCUT2D eigenvalue weighted by molar-refractivity contribution is 0.125. The summed E-state index contributed by atoms with van der Waals surface area (Å²) in [6.07, 6.45) is 8.15. The topological polar surface area (TPSA) is 18.5 Å². The van der Waals surface area contributed by atoms with Crippen LogP contribution in [0.1, 0.15) is 39.0 Å². The lowest BCUT2D eigenvalue weighted by Crippen LogP contribution is -2.06. The molecule has 0 saturated heterocycles. The Bertz CT molecular complexity index is 164. The van der Waals surface area contributed by atoms with E-state index < -0.39 is 0 Å². The number of ether oxygens (including phenoxy) is 2. The van der Waals surface area contributed by atoms with Gasteiger partial charge in [-0.2, -0.15) is 0 Å². The fraction of sp³-hybridized carbons (Fsp3) is 0.833. The standard InChI is InChI=1S/C12H22O2/c1-2-3-4-8-13-9-5-12-6-10-14-11-7-12/h6H,2-5,7-11H2,1H3. The van der Waals surface area contributed by atoms with Crippen LogP contribution in [0.25, 0.3) is 0 Å². The van der Waals surface area contributed by atoms with E-state index in [2.05, 4.69) is 13.0 Å². The molecule has 1 aliphatic heterocycles. The number of hydrogen-bond donors (Lipinski definition) is 0. The molecule has 0 atom stereocenters. The van der Waals surface area contributed by atoms with Gasteiger partial charge in [-0.1, -0.05) is 31.4 Å². The first-order valence-corrected chi connectivity index (χ1v) is 5.77. The zero-order chi connectivity index (χ0) is 10.1. The van der Waals surface area contributed by atoms with E-state index in [0.29, 0.717) is 0 Å². The summed E-state index contributed by atoms with van der Waals surface area (Å²) in [5.74, 6) is 0. The van der Waals surface area contributed by atoms with E-state index in [0.717, 1.165) is 39.3 Å². The van der Waals surface area contributed by atoms with E-state index in [9.17, 15) is 0 Å². The van der Waals surface area contributed by atoms with Crippen molar-refractivity contribution in [1.82, 2.24) is 0 Å². The van der Waals surface area contributed by atoms with Gasteiger partial charge < -0.3 is 9.47 Å². The largest absolute Gasteiger partial charge is 0.381 e. The van der Waals surface area contributed by atoms with E-state index >= 15 is 0 Å². The highest BCUT2D eigenvalue weighted by Crippen LogP contribution is 2.11. The van der Waals surface area contributed by atoms with Crippen LogP contribution in [-0.2, 0) is 9.47 Å². The van der Waals surface area contributed by atoms with Crippen molar-refractivity contribution in [3.63, 3.8) is 0 Å². The lowest BCUT2D eigenvalue weighted by Gasteiger charge is -2.13. The number of rotatable bonds is 7. The highest BCUT2D eigenvalue weighted by atomic mass is 16.5. The average molecular weight is 198 g/mol. The monoisotopic (exact) mass is 198 g/mol. The molecule has 14 heavy (non-hydrogen) atoms. The summed E-state index contributed by atoms with van der Waals surface area (Å²) >= 11 is 0. The van der Waals surface area contributed by atoms with Crippen molar-refractivity contribution in [1.29, 1.82) is 0 Å². The number of unbranched alkanes of at least 4 members (excludes halogenated alkanes) is 2. The molecular formula is C12H22O2. The van der Waals surface area contributed by atoms with Crippen LogP contribution < -0.4 is 0 Å². The van der Waals surface area contributed by atoms with Gasteiger partial charge in [0.25, 0.3) is 0 Å². The Balaban J connectivity index is 1.90. The SMILES string of the molecule is CCCCCOCCC1=CCOCC1. The molecule has 1 rings (SSSR count). The van der Waals surface area contributed by atoms with Crippen LogP contribution >= 0.6 is 0 Å². The molecule has 0 saturated carbocycles. The summed E-state index contributed by atoms with van der Waals surface area (Å²) in [6.45, 7) is 5.72. The maximum Gasteiger partial charge on any atom is 0.0650 e. The van der Waals surface area contributed by atoms with Crippen molar-refractivity contribution in [2.45, 2.75) is 39.0 Å². The van der Waals surface area contributed by atoms with E-state index in [-0.39, 0.29) is 0 Å². The average Bonchev–Trinajstić information content (AvgIpc) is 2.25. The van der Waals surface area contributed by atoms with E-state index in [1.165, 1.54) is 24.8 Å². The Kier molecular flexibility index (Phi) is 6.71. The summed E-state index contributed by atoms with van der Waals surface area (Å²) in [5.41, 5.74) is 1.51. The quantitative estimate of drug-likeness (QED) is 0.462. The van der Waals surface area contributed by atoms with Gasteiger partial charge in [-0.25, -0.2) is 0 Å². The molecule has 82 valence electrons. The molecule has 0 spiro atoms. The van der Waals surface area contributed by atoms with Crippen molar-refractivity contribution < 1.29 is 9.47 Å². The van der Waals surface area contributed by atoms with Gasteiger partial charge in [-0.15, -0.1) is 0 Å². The molecule has 1 aliphatic rings. The van der Waals surface area contributed by atoms with Gasteiger partial charge in [0.05, 0.1) is 19.8 Å². The molecule has 2 nitrogen and oxygen atoms in total. The zero-order valence-electron chi connectivity index (χ0n) is 9.26. The van der Waals surface area contributed by atoms with Gasteiger partial charge in [0.1, 0.15) is 0 Å². The number of hydrogen-bond acceptors (Lipinski definition) is 2. The third-order valence-corrected chi connectivity index (χ3v) is 2.52. The summed E-state index contributed by atoms with van der Waals surface area (Å²) in [7, 11) is 0. The van der Waals surface area contributed by atoms with Crippen LogP contribution in [0.4, 0.5) is 0 Å². The molecular weight excluding hydrogens is 176 g/mol. The van der Waals surface area contributed by atoms with Gasteiger partial charge in [0, 0.05) is 6.61 Å². The predicted molar refractivity (Wildman–Crippen MR) is 58.5 cm³/mol. The Morgan fingerprint density at radius 1 is 1.36 bits per heavy atom. The van der Waals surface area contributed by atoms with Crippen LogP contribution in [0, 0.1) is 0 Å². The van der Waals surface area contributed by atoms with E-state index in [1.807, 2.05) is 0 Å². The molecule has 2 heteroatoms. The third-order valence-electron chi connectivity index (χ3n) is 2.52. The first kappa shape index (κ1) is 11.7. The molecule has 0 N–H and O–H groups in total. The Morgan fingerprint density at radius 2 is 2.29 bits per heavy atom. The molecule has 0 aromatic heterocycles. The fourth-order valence-corrected chi connectivity index (χ4v) is 1.55. The molecule has 0 fully saturated rings. The predicted octanol–water partition coefficient (Wildman–Crippen LogP) is 2.93. The zero-order valence-corrected chi connectivity index (χ0v) is 9.26. The van der Waals surface area contributed by atoms with Crippen molar-refractivity contribution in [2.75, 3.05) is 26.4 Å². The van der Waals surface area contributed by atoms with Crippen molar-refractivity contribution in [2.24, 2.45) is 0 Å². The molecule has 0 radical (unpaired) electrons. The Morgan fingerprint density at radius 3 is 3.00 bits per heavy atom. The van der Waals surface area contributed by atoms with Gasteiger partial charge >= 0.3 is 0 Å². The Labute approximate surface area is 87.3 Å². The fourth-order valence-electron chi connectivity index (χ4n) is 1.55. The lowest BCUT2D eigenvalue weighted by atomic mass is 10.1. The summed E-state index contributed by atoms with van der Waals surface area (Å²) in [6, 6.07) is 0. The van der Waals surface area contributed by atoms with Gasteiger partial charge in [-0.3, -0.25) is 0 Å². The maximum absolute atomic E-state index is 5.56. The molecule has 0 aromatic carbocycles. The van der Waals surface area contributed by atoms with Crippen LogP contribution in [0.3, 0.4) is 0 Å². The van der Waals surface area contributed by atoms with Crippen LogP contribution in [-0.4, -0.2) is 26.4 Å². The second-order valence-electron chi connectivity index (χ2n) is 3.76. The summed E-state index contributed by atoms with van der Waals surface area (Å²) < 4.78 is 10.8. The third kappa shape index (κ3) is 5.40. The molecule has 1 heterocycles. The minimum absolute atomic E-state index is 0.797. The maximum atomic E-state index is 5.56. The van der Waals surface area contributed by atoms with E-state index in [1.54, 1.807) is 0 Å².